The minimum atomic E-state index is -1.03. The molecule has 2 aromatic rings. The third kappa shape index (κ3) is 7.41. The van der Waals surface area contributed by atoms with Crippen molar-refractivity contribution in [2.45, 2.75) is 39.3 Å². The summed E-state index contributed by atoms with van der Waals surface area (Å²) in [5.74, 6) is -2.40. The van der Waals surface area contributed by atoms with Crippen molar-refractivity contribution in [2.75, 3.05) is 0 Å². The van der Waals surface area contributed by atoms with E-state index < -0.39 is 24.0 Å². The van der Waals surface area contributed by atoms with Crippen LogP contribution in [0.2, 0.25) is 0 Å². The van der Waals surface area contributed by atoms with Gasteiger partial charge in [-0.3, -0.25) is 9.59 Å². The van der Waals surface area contributed by atoms with Gasteiger partial charge in [0.25, 0.3) is 0 Å². The van der Waals surface area contributed by atoms with Crippen molar-refractivity contribution in [1.82, 2.24) is 5.32 Å². The predicted octanol–water partition coefficient (Wildman–Crippen LogP) is 3.84. The molecular formula is C23H27NO5. The quantitative estimate of drug-likeness (QED) is 0.635. The molecule has 0 bridgehead atoms. The van der Waals surface area contributed by atoms with Gasteiger partial charge in [-0.1, -0.05) is 74.5 Å². The summed E-state index contributed by atoms with van der Waals surface area (Å²) in [6.45, 7) is 3.69. The average molecular weight is 397 g/mol. The molecule has 0 fully saturated rings. The molecule has 0 radical (unpaired) electrons. The molecule has 0 aliphatic carbocycles. The lowest BCUT2D eigenvalue weighted by atomic mass is 9.89. The molecule has 0 heterocycles. The van der Waals surface area contributed by atoms with E-state index in [1.807, 2.05) is 60.7 Å². The molecule has 6 heteroatoms. The number of ether oxygens (including phenoxy) is 1. The fourth-order valence-corrected chi connectivity index (χ4v) is 3.03. The zero-order valence-corrected chi connectivity index (χ0v) is 16.7. The number of ketones is 1. The number of rotatable bonds is 10. The van der Waals surface area contributed by atoms with E-state index in [0.717, 1.165) is 11.1 Å². The first-order chi connectivity index (χ1) is 13.9. The second-order valence-electron chi connectivity index (χ2n) is 7.32. The van der Waals surface area contributed by atoms with Gasteiger partial charge in [0.05, 0.1) is 12.0 Å². The maximum absolute atomic E-state index is 12.8. The van der Waals surface area contributed by atoms with Gasteiger partial charge in [-0.2, -0.15) is 0 Å². The summed E-state index contributed by atoms with van der Waals surface area (Å²) in [6, 6.07) is 17.6. The Kier molecular flexibility index (Phi) is 8.40. The molecule has 2 aromatic carbocycles. The number of carbonyl (C=O) groups excluding carboxylic acids is 2. The van der Waals surface area contributed by atoms with Crippen molar-refractivity contribution in [3.05, 3.63) is 71.8 Å². The molecule has 0 aliphatic heterocycles. The van der Waals surface area contributed by atoms with Crippen molar-refractivity contribution >= 4 is 17.8 Å². The van der Waals surface area contributed by atoms with Crippen LogP contribution in [0.15, 0.2) is 60.7 Å². The van der Waals surface area contributed by atoms with E-state index in [4.69, 9.17) is 4.74 Å². The molecule has 154 valence electrons. The van der Waals surface area contributed by atoms with Crippen molar-refractivity contribution < 1.29 is 24.2 Å². The fourth-order valence-electron chi connectivity index (χ4n) is 3.03. The molecule has 2 rings (SSSR count). The second kappa shape index (κ2) is 11.0. The third-order valence-corrected chi connectivity index (χ3v) is 4.62. The van der Waals surface area contributed by atoms with Crippen LogP contribution < -0.4 is 5.32 Å². The smallest absolute Gasteiger partial charge is 0.408 e. The number of Topliss-reactive ketones (excluding diaryl/α,β-unsaturated/α-hetero) is 1. The number of nitrogens with one attached hydrogen (secondary N) is 1. The van der Waals surface area contributed by atoms with Crippen LogP contribution in [0.1, 0.15) is 31.4 Å². The number of carboxylic acids is 1. The van der Waals surface area contributed by atoms with Crippen molar-refractivity contribution in [3.8, 4) is 0 Å². The number of aliphatic carboxylic acids is 1. The Bertz CT molecular complexity index is 805. The highest BCUT2D eigenvalue weighted by Gasteiger charge is 2.29. The van der Waals surface area contributed by atoms with Gasteiger partial charge in [0.2, 0.25) is 0 Å². The van der Waals surface area contributed by atoms with Crippen LogP contribution in [0, 0.1) is 11.8 Å². The lowest BCUT2D eigenvalue weighted by Crippen LogP contribution is -2.45. The van der Waals surface area contributed by atoms with Crippen LogP contribution >= 0.6 is 0 Å². The topological polar surface area (TPSA) is 92.7 Å². The number of alkyl carbamates (subject to hydrolysis) is 1. The van der Waals surface area contributed by atoms with Crippen LogP contribution in [-0.2, 0) is 27.4 Å². The lowest BCUT2D eigenvalue weighted by Gasteiger charge is -2.22. The molecular weight excluding hydrogens is 370 g/mol. The SMILES string of the molecule is CC(C)[C@H](NC(=O)OCc1ccccc1)C(=O)C[C@@H](Cc1ccccc1)C(=O)O. The lowest BCUT2D eigenvalue weighted by molar-refractivity contribution is -0.144. The van der Waals surface area contributed by atoms with E-state index >= 15 is 0 Å². The minimum Gasteiger partial charge on any atom is -0.481 e. The van der Waals surface area contributed by atoms with Crippen LogP contribution in [0.3, 0.4) is 0 Å². The largest absolute Gasteiger partial charge is 0.481 e. The number of hydrogen-bond donors (Lipinski definition) is 2. The maximum Gasteiger partial charge on any atom is 0.408 e. The molecule has 0 unspecified atom stereocenters. The average Bonchev–Trinajstić information content (AvgIpc) is 2.71. The van der Waals surface area contributed by atoms with E-state index in [-0.39, 0.29) is 31.1 Å². The number of carbonyl (C=O) groups is 3. The molecule has 0 aromatic heterocycles. The number of carboxylic acid groups (broad SMARTS) is 1. The minimum absolute atomic E-state index is 0.0947. The normalized spacial score (nSPS) is 12.8. The van der Waals surface area contributed by atoms with Gasteiger partial charge in [-0.05, 0) is 23.5 Å². The van der Waals surface area contributed by atoms with Crippen molar-refractivity contribution in [1.29, 1.82) is 0 Å². The van der Waals surface area contributed by atoms with E-state index in [1.54, 1.807) is 13.8 Å². The van der Waals surface area contributed by atoms with E-state index in [9.17, 15) is 19.5 Å². The first-order valence-corrected chi connectivity index (χ1v) is 9.63. The van der Waals surface area contributed by atoms with Crippen molar-refractivity contribution in [3.63, 3.8) is 0 Å². The Morgan fingerprint density at radius 2 is 1.48 bits per heavy atom. The van der Waals surface area contributed by atoms with Crippen LogP contribution in [-0.4, -0.2) is 29.0 Å². The molecule has 0 saturated heterocycles. The molecule has 0 spiro atoms. The standard InChI is InChI=1S/C23H27NO5/c1-16(2)21(24-23(28)29-15-18-11-7-4-8-12-18)20(25)14-19(22(26)27)13-17-9-5-3-6-10-17/h3-12,16,19,21H,13-15H2,1-2H3,(H,24,28)(H,26,27)/t19-,21+/m1/s1. The predicted molar refractivity (Wildman–Crippen MR) is 109 cm³/mol. The monoisotopic (exact) mass is 397 g/mol. The summed E-state index contributed by atoms with van der Waals surface area (Å²) >= 11 is 0. The third-order valence-electron chi connectivity index (χ3n) is 4.62. The Hall–Kier alpha value is -3.15. The molecule has 1 amide bonds. The van der Waals surface area contributed by atoms with Gasteiger partial charge in [0, 0.05) is 6.42 Å². The first-order valence-electron chi connectivity index (χ1n) is 9.63. The molecule has 0 aliphatic rings. The van der Waals surface area contributed by atoms with E-state index in [2.05, 4.69) is 5.32 Å². The highest BCUT2D eigenvalue weighted by atomic mass is 16.5. The summed E-state index contributed by atoms with van der Waals surface area (Å²) in [4.78, 5) is 36.6. The summed E-state index contributed by atoms with van der Waals surface area (Å²) in [5, 5.41) is 12.1. The van der Waals surface area contributed by atoms with Gasteiger partial charge in [0.15, 0.2) is 5.78 Å². The van der Waals surface area contributed by atoms with Gasteiger partial charge in [-0.25, -0.2) is 4.79 Å². The number of amides is 1. The number of benzene rings is 2. The second-order valence-corrected chi connectivity index (χ2v) is 7.32. The first kappa shape index (κ1) is 22.1. The van der Waals surface area contributed by atoms with E-state index in [0.29, 0.717) is 0 Å². The molecule has 6 nitrogen and oxygen atoms in total. The summed E-state index contributed by atoms with van der Waals surface area (Å²) in [5.41, 5.74) is 1.69. The zero-order valence-electron chi connectivity index (χ0n) is 16.7. The highest BCUT2D eigenvalue weighted by molar-refractivity contribution is 5.90. The van der Waals surface area contributed by atoms with Gasteiger partial charge < -0.3 is 15.2 Å². The van der Waals surface area contributed by atoms with Crippen molar-refractivity contribution in [2.24, 2.45) is 11.8 Å². The van der Waals surface area contributed by atoms with Gasteiger partial charge in [-0.15, -0.1) is 0 Å². The molecule has 0 saturated carbocycles. The van der Waals surface area contributed by atoms with Gasteiger partial charge >= 0.3 is 12.1 Å². The van der Waals surface area contributed by atoms with Crippen LogP contribution in [0.4, 0.5) is 4.79 Å². The zero-order chi connectivity index (χ0) is 21.2. The van der Waals surface area contributed by atoms with Gasteiger partial charge in [0.1, 0.15) is 6.61 Å². The van der Waals surface area contributed by atoms with E-state index in [1.165, 1.54) is 0 Å². The summed E-state index contributed by atoms with van der Waals surface area (Å²) in [6.07, 6.45) is -0.604. The highest BCUT2D eigenvalue weighted by Crippen LogP contribution is 2.17. The Balaban J connectivity index is 1.96. The fraction of sp³-hybridized carbons (Fsp3) is 0.348. The Morgan fingerprint density at radius 3 is 2.00 bits per heavy atom. The maximum atomic E-state index is 12.8. The number of hydrogen-bond acceptors (Lipinski definition) is 4. The molecule has 2 N–H and O–H groups in total. The Morgan fingerprint density at radius 1 is 0.931 bits per heavy atom. The van der Waals surface area contributed by atoms with Crippen LogP contribution in [0.25, 0.3) is 0 Å². The molecule has 2 atom stereocenters. The molecule has 29 heavy (non-hydrogen) atoms. The summed E-state index contributed by atoms with van der Waals surface area (Å²) in [7, 11) is 0. The summed E-state index contributed by atoms with van der Waals surface area (Å²) < 4.78 is 5.19. The van der Waals surface area contributed by atoms with Crippen LogP contribution in [0.5, 0.6) is 0 Å². The Labute approximate surface area is 170 Å².